The number of carbonyl (C=O) groups excluding carboxylic acids is 1. The maximum absolute atomic E-state index is 12.2. The molecule has 1 aliphatic carbocycles. The van der Waals surface area contributed by atoms with E-state index >= 15 is 0 Å². The number of nitrogens with one attached hydrogen (secondary N) is 1. The fraction of sp³-hybridized carbons (Fsp3) is 0.391. The van der Waals surface area contributed by atoms with Crippen LogP contribution in [0.1, 0.15) is 48.4 Å². The Kier molecular flexibility index (Phi) is 5.33. The predicted molar refractivity (Wildman–Crippen MR) is 111 cm³/mol. The van der Waals surface area contributed by atoms with Crippen molar-refractivity contribution in [3.8, 4) is 5.75 Å². The molecule has 2 aromatic carbocycles. The average Bonchev–Trinajstić information content (AvgIpc) is 3.46. The summed E-state index contributed by atoms with van der Waals surface area (Å²) in [5.41, 5.74) is 3.88. The van der Waals surface area contributed by atoms with Crippen molar-refractivity contribution in [3.05, 3.63) is 59.4 Å². The lowest BCUT2D eigenvalue weighted by molar-refractivity contribution is 0.0956. The first-order valence-corrected chi connectivity index (χ1v) is 10.2. The Morgan fingerprint density at radius 3 is 2.64 bits per heavy atom. The van der Waals surface area contributed by atoms with Gasteiger partial charge in [-0.2, -0.15) is 0 Å². The molecular weight excluding hydrogens is 350 g/mol. The molecule has 0 atom stereocenters. The van der Waals surface area contributed by atoms with Crippen molar-refractivity contribution in [1.82, 2.24) is 14.9 Å². The molecule has 146 valence electrons. The van der Waals surface area contributed by atoms with E-state index in [0.717, 1.165) is 41.5 Å². The topological polar surface area (TPSA) is 56.1 Å². The Morgan fingerprint density at radius 2 is 1.96 bits per heavy atom. The largest absolute Gasteiger partial charge is 0.494 e. The van der Waals surface area contributed by atoms with Gasteiger partial charge in [0.15, 0.2) is 0 Å². The Balaban J connectivity index is 1.66. The summed E-state index contributed by atoms with van der Waals surface area (Å²) in [7, 11) is 0. The minimum absolute atomic E-state index is 0.0470. The molecule has 1 fully saturated rings. The molecule has 5 heteroatoms. The summed E-state index contributed by atoms with van der Waals surface area (Å²) >= 11 is 0. The Bertz CT molecular complexity index is 971. The molecule has 1 amide bonds. The summed E-state index contributed by atoms with van der Waals surface area (Å²) in [4.78, 5) is 17.1. The lowest BCUT2D eigenvalue weighted by atomic mass is 10.1. The van der Waals surface area contributed by atoms with Crippen molar-refractivity contribution in [2.24, 2.45) is 5.92 Å². The molecule has 0 saturated heterocycles. The smallest absolute Gasteiger partial charge is 0.251 e. The summed E-state index contributed by atoms with van der Waals surface area (Å²) < 4.78 is 7.88. The third kappa shape index (κ3) is 4.03. The van der Waals surface area contributed by atoms with E-state index in [0.29, 0.717) is 18.7 Å². The summed E-state index contributed by atoms with van der Waals surface area (Å²) in [5.74, 6) is 2.65. The highest BCUT2D eigenvalue weighted by Crippen LogP contribution is 2.33. The van der Waals surface area contributed by atoms with E-state index in [-0.39, 0.29) is 5.91 Å². The van der Waals surface area contributed by atoms with Crippen LogP contribution in [0.3, 0.4) is 0 Å². The number of rotatable bonds is 8. The first-order valence-electron chi connectivity index (χ1n) is 10.2. The molecule has 1 N–H and O–H groups in total. The van der Waals surface area contributed by atoms with Crippen LogP contribution >= 0.6 is 0 Å². The van der Waals surface area contributed by atoms with Gasteiger partial charge in [-0.25, -0.2) is 4.98 Å². The number of benzene rings is 2. The molecular formula is C23H27N3O2. The van der Waals surface area contributed by atoms with Gasteiger partial charge >= 0.3 is 0 Å². The molecule has 1 saturated carbocycles. The normalized spacial score (nSPS) is 13.6. The molecule has 5 nitrogen and oxygen atoms in total. The Labute approximate surface area is 165 Å². The van der Waals surface area contributed by atoms with Crippen LogP contribution in [-0.2, 0) is 13.0 Å². The number of imidazole rings is 1. The number of carbonyl (C=O) groups is 1. The van der Waals surface area contributed by atoms with Crippen LogP contribution in [0.4, 0.5) is 0 Å². The summed E-state index contributed by atoms with van der Waals surface area (Å²) in [5, 5.41) is 2.86. The van der Waals surface area contributed by atoms with E-state index in [4.69, 9.17) is 9.72 Å². The first-order chi connectivity index (χ1) is 13.7. The van der Waals surface area contributed by atoms with Crippen molar-refractivity contribution in [2.75, 3.05) is 13.2 Å². The van der Waals surface area contributed by atoms with Gasteiger partial charge in [0.05, 0.1) is 17.6 Å². The maximum Gasteiger partial charge on any atom is 0.251 e. The van der Waals surface area contributed by atoms with Crippen molar-refractivity contribution < 1.29 is 9.53 Å². The second kappa shape index (κ2) is 8.05. The summed E-state index contributed by atoms with van der Waals surface area (Å²) in [6.45, 7) is 6.21. The van der Waals surface area contributed by atoms with Crippen LogP contribution in [0, 0.1) is 5.92 Å². The van der Waals surface area contributed by atoms with Crippen LogP contribution in [0.25, 0.3) is 11.0 Å². The number of hydrogen-bond acceptors (Lipinski definition) is 3. The Morgan fingerprint density at radius 1 is 1.18 bits per heavy atom. The van der Waals surface area contributed by atoms with Gasteiger partial charge in [-0.15, -0.1) is 0 Å². The summed E-state index contributed by atoms with van der Waals surface area (Å²) in [6.07, 6.45) is 3.35. The quantitative estimate of drug-likeness (QED) is 0.640. The standard InChI is InChI=1S/C23H27N3O2/c1-3-24-23(27)18-9-12-21-20(14-18)25-22(26(21)15-17-5-6-17)13-16-7-10-19(11-8-16)28-4-2/h7-12,14,17H,3-6,13,15H2,1-2H3,(H,24,27). The van der Waals surface area contributed by atoms with E-state index in [1.54, 1.807) is 0 Å². The fourth-order valence-electron chi connectivity index (χ4n) is 3.53. The van der Waals surface area contributed by atoms with Crippen LogP contribution in [0.2, 0.25) is 0 Å². The number of fused-ring (bicyclic) bond motifs is 1. The average molecular weight is 377 g/mol. The van der Waals surface area contributed by atoms with Crippen molar-refractivity contribution in [2.45, 2.75) is 39.7 Å². The van der Waals surface area contributed by atoms with Crippen LogP contribution in [-0.4, -0.2) is 28.6 Å². The summed E-state index contributed by atoms with van der Waals surface area (Å²) in [6, 6.07) is 14.1. The van der Waals surface area contributed by atoms with Gasteiger partial charge in [0, 0.05) is 25.1 Å². The van der Waals surface area contributed by atoms with Gasteiger partial charge in [-0.05, 0) is 68.5 Å². The van der Waals surface area contributed by atoms with E-state index < -0.39 is 0 Å². The van der Waals surface area contributed by atoms with E-state index in [9.17, 15) is 4.79 Å². The molecule has 0 spiro atoms. The van der Waals surface area contributed by atoms with Gasteiger partial charge in [-0.1, -0.05) is 12.1 Å². The number of hydrogen-bond donors (Lipinski definition) is 1. The minimum Gasteiger partial charge on any atom is -0.494 e. The maximum atomic E-state index is 12.2. The molecule has 4 rings (SSSR count). The molecule has 0 unspecified atom stereocenters. The van der Waals surface area contributed by atoms with E-state index in [1.165, 1.54) is 18.4 Å². The third-order valence-electron chi connectivity index (χ3n) is 5.16. The SMILES string of the molecule is CCNC(=O)c1ccc2c(c1)nc(Cc1ccc(OCC)cc1)n2CC1CC1. The molecule has 0 radical (unpaired) electrons. The monoisotopic (exact) mass is 377 g/mol. The number of amides is 1. The van der Waals surface area contributed by atoms with Crippen LogP contribution < -0.4 is 10.1 Å². The molecule has 0 aliphatic heterocycles. The number of aromatic nitrogens is 2. The highest BCUT2D eigenvalue weighted by Gasteiger charge is 2.24. The highest BCUT2D eigenvalue weighted by atomic mass is 16.5. The molecule has 1 heterocycles. The van der Waals surface area contributed by atoms with Crippen molar-refractivity contribution in [1.29, 1.82) is 0 Å². The zero-order valence-electron chi connectivity index (χ0n) is 16.6. The second-order valence-electron chi connectivity index (χ2n) is 7.40. The highest BCUT2D eigenvalue weighted by molar-refractivity contribution is 5.97. The molecule has 1 aromatic heterocycles. The van der Waals surface area contributed by atoms with Crippen molar-refractivity contribution >= 4 is 16.9 Å². The third-order valence-corrected chi connectivity index (χ3v) is 5.16. The molecule has 1 aliphatic rings. The van der Waals surface area contributed by atoms with Gasteiger partial charge < -0.3 is 14.6 Å². The molecule has 0 bridgehead atoms. The van der Waals surface area contributed by atoms with E-state index in [1.807, 2.05) is 44.2 Å². The van der Waals surface area contributed by atoms with Crippen molar-refractivity contribution in [3.63, 3.8) is 0 Å². The number of ether oxygens (including phenoxy) is 1. The zero-order chi connectivity index (χ0) is 19.5. The molecule has 3 aromatic rings. The van der Waals surface area contributed by atoms with E-state index in [2.05, 4.69) is 22.0 Å². The Hall–Kier alpha value is -2.82. The first kappa shape index (κ1) is 18.5. The van der Waals surface area contributed by atoms with Gasteiger partial charge in [-0.3, -0.25) is 4.79 Å². The predicted octanol–water partition coefficient (Wildman–Crippen LogP) is 4.19. The zero-order valence-corrected chi connectivity index (χ0v) is 16.6. The van der Waals surface area contributed by atoms with Gasteiger partial charge in [0.25, 0.3) is 5.91 Å². The fourth-order valence-corrected chi connectivity index (χ4v) is 3.53. The minimum atomic E-state index is -0.0470. The lowest BCUT2D eigenvalue weighted by Gasteiger charge is -2.09. The van der Waals surface area contributed by atoms with Gasteiger partial charge in [0.2, 0.25) is 0 Å². The number of nitrogens with zero attached hydrogens (tertiary/aromatic N) is 2. The lowest BCUT2D eigenvalue weighted by Crippen LogP contribution is -2.22. The van der Waals surface area contributed by atoms with Crippen LogP contribution in [0.15, 0.2) is 42.5 Å². The molecule has 28 heavy (non-hydrogen) atoms. The van der Waals surface area contributed by atoms with Crippen LogP contribution in [0.5, 0.6) is 5.75 Å². The second-order valence-corrected chi connectivity index (χ2v) is 7.40. The van der Waals surface area contributed by atoms with Gasteiger partial charge in [0.1, 0.15) is 11.6 Å².